The quantitative estimate of drug-likeness (QED) is 0.535. The number of aromatic nitrogens is 6. The van der Waals surface area contributed by atoms with E-state index in [1.54, 1.807) is 6.33 Å². The van der Waals surface area contributed by atoms with Gasteiger partial charge < -0.3 is 9.80 Å². The highest BCUT2D eigenvalue weighted by Crippen LogP contribution is 2.20. The summed E-state index contributed by atoms with van der Waals surface area (Å²) < 4.78 is 1.86. The first-order valence-corrected chi connectivity index (χ1v) is 9.75. The largest absolute Gasteiger partial charge is 0.353 e. The van der Waals surface area contributed by atoms with E-state index in [1.807, 2.05) is 61.1 Å². The zero-order valence-corrected chi connectivity index (χ0v) is 16.5. The maximum atomic E-state index is 4.77. The molecule has 5 rings (SSSR count). The van der Waals surface area contributed by atoms with Crippen LogP contribution in [0, 0.1) is 13.8 Å². The van der Waals surface area contributed by atoms with Crippen molar-refractivity contribution in [2.24, 2.45) is 0 Å². The molecular formula is C21H22N8. The zero-order valence-electron chi connectivity index (χ0n) is 16.5. The zero-order chi connectivity index (χ0) is 19.8. The van der Waals surface area contributed by atoms with E-state index in [0.717, 1.165) is 66.1 Å². The van der Waals surface area contributed by atoms with E-state index in [4.69, 9.17) is 4.98 Å². The van der Waals surface area contributed by atoms with Gasteiger partial charge in [-0.25, -0.2) is 19.6 Å². The Hall–Kier alpha value is -3.55. The van der Waals surface area contributed by atoms with Gasteiger partial charge in [0.15, 0.2) is 5.82 Å². The summed E-state index contributed by atoms with van der Waals surface area (Å²) in [7, 11) is 0. The molecule has 29 heavy (non-hydrogen) atoms. The van der Waals surface area contributed by atoms with Crippen LogP contribution >= 0.6 is 0 Å². The monoisotopic (exact) mass is 386 g/mol. The van der Waals surface area contributed by atoms with Crippen molar-refractivity contribution in [3.8, 4) is 5.82 Å². The van der Waals surface area contributed by atoms with Gasteiger partial charge >= 0.3 is 0 Å². The Balaban J connectivity index is 1.32. The van der Waals surface area contributed by atoms with Gasteiger partial charge in [0.05, 0.1) is 22.9 Å². The number of aryl methyl sites for hydroxylation is 2. The number of anilines is 2. The third kappa shape index (κ3) is 3.37. The molecule has 1 aliphatic rings. The Labute approximate surface area is 168 Å². The first-order chi connectivity index (χ1) is 14.2. The normalized spacial score (nSPS) is 14.6. The molecule has 1 fully saturated rings. The van der Waals surface area contributed by atoms with Crippen molar-refractivity contribution in [2.45, 2.75) is 13.8 Å². The Morgan fingerprint density at radius 3 is 2.17 bits per heavy atom. The topological polar surface area (TPSA) is 75.9 Å². The molecule has 0 radical (unpaired) electrons. The summed E-state index contributed by atoms with van der Waals surface area (Å²) in [6.45, 7) is 7.48. The lowest BCUT2D eigenvalue weighted by Gasteiger charge is -2.36. The molecule has 0 aliphatic carbocycles. The lowest BCUT2D eigenvalue weighted by atomic mass is 10.3. The van der Waals surface area contributed by atoms with Crippen molar-refractivity contribution < 1.29 is 0 Å². The number of benzene rings is 1. The molecule has 1 saturated heterocycles. The van der Waals surface area contributed by atoms with Gasteiger partial charge in [-0.1, -0.05) is 12.1 Å². The van der Waals surface area contributed by atoms with E-state index >= 15 is 0 Å². The summed E-state index contributed by atoms with van der Waals surface area (Å²) >= 11 is 0. The van der Waals surface area contributed by atoms with Crippen molar-refractivity contribution in [1.29, 1.82) is 0 Å². The van der Waals surface area contributed by atoms with Crippen LogP contribution in [0.2, 0.25) is 0 Å². The first kappa shape index (κ1) is 17.5. The van der Waals surface area contributed by atoms with Gasteiger partial charge in [-0.2, -0.15) is 5.10 Å². The number of piperazine rings is 1. The number of para-hydroxylation sites is 2. The van der Waals surface area contributed by atoms with Crippen LogP contribution in [0.3, 0.4) is 0 Å². The second kappa shape index (κ2) is 7.12. The van der Waals surface area contributed by atoms with Crippen LogP contribution in [-0.2, 0) is 0 Å². The molecule has 0 saturated carbocycles. The van der Waals surface area contributed by atoms with Crippen LogP contribution in [0.15, 0.2) is 48.9 Å². The van der Waals surface area contributed by atoms with Gasteiger partial charge in [0.2, 0.25) is 0 Å². The molecule has 8 nitrogen and oxygen atoms in total. The predicted octanol–water partition coefficient (Wildman–Crippen LogP) is 2.55. The first-order valence-electron chi connectivity index (χ1n) is 9.75. The molecule has 1 aliphatic heterocycles. The number of nitrogens with zero attached hydrogens (tertiary/aromatic N) is 8. The minimum absolute atomic E-state index is 0.795. The molecule has 0 bridgehead atoms. The van der Waals surface area contributed by atoms with Crippen molar-refractivity contribution in [2.75, 3.05) is 36.0 Å². The standard InChI is InChI=1S/C21H22N8/c1-15-11-16(2)29(26-15)20-12-19(23-14-24-20)27-7-9-28(10-8-27)21-13-22-17-5-3-4-6-18(17)25-21/h3-6,11-14H,7-10H2,1-2H3. The Morgan fingerprint density at radius 2 is 1.45 bits per heavy atom. The second-order valence-corrected chi connectivity index (χ2v) is 7.26. The van der Waals surface area contributed by atoms with Crippen molar-refractivity contribution in [3.63, 3.8) is 0 Å². The second-order valence-electron chi connectivity index (χ2n) is 7.26. The number of hydrogen-bond acceptors (Lipinski definition) is 7. The summed E-state index contributed by atoms with van der Waals surface area (Å²) in [6.07, 6.45) is 3.48. The summed E-state index contributed by atoms with van der Waals surface area (Å²) in [5.74, 6) is 2.64. The lowest BCUT2D eigenvalue weighted by molar-refractivity contribution is 0.640. The van der Waals surface area contributed by atoms with Gasteiger partial charge in [-0.3, -0.25) is 4.98 Å². The SMILES string of the molecule is Cc1cc(C)n(-c2cc(N3CCN(c4cnc5ccccc5n4)CC3)ncn2)n1. The van der Waals surface area contributed by atoms with Crippen molar-refractivity contribution in [1.82, 2.24) is 29.7 Å². The Bertz CT molecular complexity index is 1160. The summed E-state index contributed by atoms with van der Waals surface area (Å²) in [5, 5.41) is 4.53. The van der Waals surface area contributed by atoms with E-state index in [0.29, 0.717) is 0 Å². The molecule has 4 aromatic rings. The molecule has 0 spiro atoms. The maximum Gasteiger partial charge on any atom is 0.159 e. The van der Waals surface area contributed by atoms with Crippen LogP contribution in [0.25, 0.3) is 16.9 Å². The van der Waals surface area contributed by atoms with Crippen LogP contribution in [0.5, 0.6) is 0 Å². The smallest absolute Gasteiger partial charge is 0.159 e. The van der Waals surface area contributed by atoms with Gasteiger partial charge in [-0.15, -0.1) is 0 Å². The van der Waals surface area contributed by atoms with Gasteiger partial charge in [-0.05, 0) is 32.0 Å². The van der Waals surface area contributed by atoms with E-state index < -0.39 is 0 Å². The van der Waals surface area contributed by atoms with Gasteiger partial charge in [0, 0.05) is 37.9 Å². The molecule has 0 atom stereocenters. The Kier molecular flexibility index (Phi) is 4.31. The average molecular weight is 386 g/mol. The fourth-order valence-electron chi connectivity index (χ4n) is 3.75. The number of rotatable bonds is 3. The molecule has 1 aromatic carbocycles. The minimum atomic E-state index is 0.795. The van der Waals surface area contributed by atoms with Crippen molar-refractivity contribution >= 4 is 22.7 Å². The van der Waals surface area contributed by atoms with Crippen LogP contribution in [-0.4, -0.2) is 55.9 Å². The minimum Gasteiger partial charge on any atom is -0.353 e. The van der Waals surface area contributed by atoms with Gasteiger partial charge in [0.1, 0.15) is 18.0 Å². The Morgan fingerprint density at radius 1 is 0.759 bits per heavy atom. The third-order valence-electron chi connectivity index (χ3n) is 5.23. The molecule has 0 N–H and O–H groups in total. The number of fused-ring (bicyclic) bond motifs is 1. The summed E-state index contributed by atoms with van der Waals surface area (Å²) in [5.41, 5.74) is 3.89. The maximum absolute atomic E-state index is 4.77. The highest BCUT2D eigenvalue weighted by molar-refractivity contribution is 5.75. The molecule has 8 heteroatoms. The fourth-order valence-corrected chi connectivity index (χ4v) is 3.75. The number of hydrogen-bond donors (Lipinski definition) is 0. The molecule has 4 heterocycles. The predicted molar refractivity (Wildman–Crippen MR) is 113 cm³/mol. The highest BCUT2D eigenvalue weighted by atomic mass is 15.3. The van der Waals surface area contributed by atoms with Crippen LogP contribution < -0.4 is 9.80 Å². The molecular weight excluding hydrogens is 364 g/mol. The van der Waals surface area contributed by atoms with Crippen LogP contribution in [0.1, 0.15) is 11.4 Å². The highest BCUT2D eigenvalue weighted by Gasteiger charge is 2.20. The fraction of sp³-hybridized carbons (Fsp3) is 0.286. The van der Waals surface area contributed by atoms with E-state index in [-0.39, 0.29) is 0 Å². The third-order valence-corrected chi connectivity index (χ3v) is 5.23. The molecule has 3 aromatic heterocycles. The van der Waals surface area contributed by atoms with Crippen LogP contribution in [0.4, 0.5) is 11.6 Å². The molecule has 0 unspecified atom stereocenters. The molecule has 146 valence electrons. The lowest BCUT2D eigenvalue weighted by Crippen LogP contribution is -2.47. The van der Waals surface area contributed by atoms with Crippen molar-refractivity contribution in [3.05, 3.63) is 60.3 Å². The van der Waals surface area contributed by atoms with E-state index in [1.165, 1.54) is 0 Å². The van der Waals surface area contributed by atoms with E-state index in [9.17, 15) is 0 Å². The van der Waals surface area contributed by atoms with Gasteiger partial charge in [0.25, 0.3) is 0 Å². The van der Waals surface area contributed by atoms with E-state index in [2.05, 4.69) is 29.9 Å². The summed E-state index contributed by atoms with van der Waals surface area (Å²) in [4.78, 5) is 22.8. The molecule has 0 amide bonds. The average Bonchev–Trinajstić information content (AvgIpc) is 3.11. The summed E-state index contributed by atoms with van der Waals surface area (Å²) in [6, 6.07) is 12.0.